The molecule has 0 saturated heterocycles. The molecule has 0 fully saturated rings. The van der Waals surface area contributed by atoms with Crippen LogP contribution in [-0.2, 0) is 6.54 Å². The molecule has 2 rings (SSSR count). The summed E-state index contributed by atoms with van der Waals surface area (Å²) in [4.78, 5) is 2.27. The average molecular weight is 368 g/mol. The molecule has 0 aliphatic heterocycles. The standard InChI is InChI=1S/C17H20BrClN2/c1-12-9-14(5-8-16(12)18)17(10-20)21(2)11-13-3-6-15(19)7-4-13/h3-9,17H,10-11,20H2,1-2H3. The van der Waals surface area contributed by atoms with Gasteiger partial charge in [0.2, 0.25) is 0 Å². The number of likely N-dealkylation sites (N-methyl/N-ethyl adjacent to an activating group) is 1. The first-order valence-corrected chi connectivity index (χ1v) is 8.09. The van der Waals surface area contributed by atoms with Crippen LogP contribution in [0.3, 0.4) is 0 Å². The molecule has 0 saturated carbocycles. The van der Waals surface area contributed by atoms with Gasteiger partial charge in [0.15, 0.2) is 0 Å². The largest absolute Gasteiger partial charge is 0.329 e. The van der Waals surface area contributed by atoms with Crippen molar-refractivity contribution in [2.45, 2.75) is 19.5 Å². The molecule has 2 aromatic rings. The summed E-state index contributed by atoms with van der Waals surface area (Å²) in [6.07, 6.45) is 0. The second-order valence-electron chi connectivity index (χ2n) is 5.30. The smallest absolute Gasteiger partial charge is 0.0471 e. The molecule has 2 aromatic carbocycles. The van der Waals surface area contributed by atoms with Crippen LogP contribution in [0, 0.1) is 6.92 Å². The molecule has 0 spiro atoms. The van der Waals surface area contributed by atoms with E-state index in [0.717, 1.165) is 16.0 Å². The van der Waals surface area contributed by atoms with Crippen molar-refractivity contribution in [1.82, 2.24) is 4.90 Å². The second kappa shape index (κ2) is 7.41. The van der Waals surface area contributed by atoms with Crippen LogP contribution in [0.25, 0.3) is 0 Å². The van der Waals surface area contributed by atoms with Crippen LogP contribution >= 0.6 is 27.5 Å². The first-order chi connectivity index (χ1) is 10.0. The van der Waals surface area contributed by atoms with E-state index in [4.69, 9.17) is 17.3 Å². The number of benzene rings is 2. The van der Waals surface area contributed by atoms with Crippen LogP contribution < -0.4 is 5.73 Å². The van der Waals surface area contributed by atoms with Gasteiger partial charge in [-0.3, -0.25) is 4.90 Å². The molecule has 112 valence electrons. The minimum absolute atomic E-state index is 0.201. The number of halogens is 2. The van der Waals surface area contributed by atoms with Gasteiger partial charge >= 0.3 is 0 Å². The fourth-order valence-corrected chi connectivity index (χ4v) is 2.81. The van der Waals surface area contributed by atoms with E-state index in [1.807, 2.05) is 12.1 Å². The molecule has 2 nitrogen and oxygen atoms in total. The highest BCUT2D eigenvalue weighted by Gasteiger charge is 2.16. The molecular weight excluding hydrogens is 348 g/mol. The third-order valence-electron chi connectivity index (χ3n) is 3.67. The number of nitrogens with two attached hydrogens (primary N) is 1. The summed E-state index contributed by atoms with van der Waals surface area (Å²) in [5.74, 6) is 0. The Hall–Kier alpha value is -0.870. The average Bonchev–Trinajstić information content (AvgIpc) is 2.46. The normalized spacial score (nSPS) is 12.7. The molecule has 2 N–H and O–H groups in total. The predicted molar refractivity (Wildman–Crippen MR) is 93.6 cm³/mol. The Morgan fingerprint density at radius 2 is 1.86 bits per heavy atom. The van der Waals surface area contributed by atoms with Crippen molar-refractivity contribution in [2.75, 3.05) is 13.6 Å². The highest BCUT2D eigenvalue weighted by molar-refractivity contribution is 9.10. The van der Waals surface area contributed by atoms with E-state index in [1.54, 1.807) is 0 Å². The quantitative estimate of drug-likeness (QED) is 0.840. The van der Waals surface area contributed by atoms with Crippen molar-refractivity contribution in [3.05, 3.63) is 68.7 Å². The Morgan fingerprint density at radius 1 is 1.19 bits per heavy atom. The predicted octanol–water partition coefficient (Wildman–Crippen LogP) is 4.54. The lowest BCUT2D eigenvalue weighted by atomic mass is 10.0. The van der Waals surface area contributed by atoms with E-state index < -0.39 is 0 Å². The van der Waals surface area contributed by atoms with Gasteiger partial charge in [-0.2, -0.15) is 0 Å². The molecule has 0 aromatic heterocycles. The van der Waals surface area contributed by atoms with Gasteiger partial charge in [-0.1, -0.05) is 51.8 Å². The Bertz CT molecular complexity index is 598. The van der Waals surface area contributed by atoms with Crippen molar-refractivity contribution in [3.8, 4) is 0 Å². The molecule has 0 radical (unpaired) electrons. The van der Waals surface area contributed by atoms with E-state index in [-0.39, 0.29) is 6.04 Å². The SMILES string of the molecule is Cc1cc(C(CN)N(C)Cc2ccc(Cl)cc2)ccc1Br. The lowest BCUT2D eigenvalue weighted by Crippen LogP contribution is -2.30. The van der Waals surface area contributed by atoms with Crippen molar-refractivity contribution < 1.29 is 0 Å². The topological polar surface area (TPSA) is 29.3 Å². The summed E-state index contributed by atoms with van der Waals surface area (Å²) in [6, 6.07) is 14.6. The molecule has 1 atom stereocenters. The van der Waals surface area contributed by atoms with E-state index in [0.29, 0.717) is 6.54 Å². The van der Waals surface area contributed by atoms with Gasteiger partial charge in [0.05, 0.1) is 0 Å². The van der Waals surface area contributed by atoms with Crippen LogP contribution in [0.4, 0.5) is 0 Å². The van der Waals surface area contributed by atoms with Gasteiger partial charge < -0.3 is 5.73 Å². The highest BCUT2D eigenvalue weighted by atomic mass is 79.9. The zero-order valence-electron chi connectivity index (χ0n) is 12.3. The fraction of sp³-hybridized carbons (Fsp3) is 0.294. The number of nitrogens with zero attached hydrogens (tertiary/aromatic N) is 1. The lowest BCUT2D eigenvalue weighted by molar-refractivity contribution is 0.241. The van der Waals surface area contributed by atoms with Crippen molar-refractivity contribution in [1.29, 1.82) is 0 Å². The maximum absolute atomic E-state index is 6.00. The minimum Gasteiger partial charge on any atom is -0.329 e. The molecule has 1 unspecified atom stereocenters. The summed E-state index contributed by atoms with van der Waals surface area (Å²) in [5, 5.41) is 0.764. The highest BCUT2D eigenvalue weighted by Crippen LogP contribution is 2.25. The Morgan fingerprint density at radius 3 is 2.43 bits per heavy atom. The van der Waals surface area contributed by atoms with Crippen LogP contribution in [0.2, 0.25) is 5.02 Å². The Balaban J connectivity index is 2.15. The summed E-state index contributed by atoms with van der Waals surface area (Å²) in [6.45, 7) is 3.53. The first-order valence-electron chi connectivity index (χ1n) is 6.92. The first kappa shape index (κ1) is 16.5. The molecule has 0 heterocycles. The van der Waals surface area contributed by atoms with E-state index in [1.165, 1.54) is 16.7 Å². The summed E-state index contributed by atoms with van der Waals surface area (Å²) in [5.41, 5.74) is 9.70. The molecule has 0 aliphatic carbocycles. The maximum atomic E-state index is 6.00. The van der Waals surface area contributed by atoms with Crippen molar-refractivity contribution >= 4 is 27.5 Å². The molecule has 4 heteroatoms. The number of aryl methyl sites for hydroxylation is 1. The number of hydrogen-bond donors (Lipinski definition) is 1. The Kier molecular flexibility index (Phi) is 5.82. The third-order valence-corrected chi connectivity index (χ3v) is 4.81. The molecule has 0 aliphatic rings. The van der Waals surface area contributed by atoms with E-state index in [9.17, 15) is 0 Å². The van der Waals surface area contributed by atoms with Gasteiger partial charge in [0, 0.05) is 28.6 Å². The number of hydrogen-bond acceptors (Lipinski definition) is 2. The zero-order chi connectivity index (χ0) is 15.4. The van der Waals surface area contributed by atoms with Crippen LogP contribution in [0.5, 0.6) is 0 Å². The maximum Gasteiger partial charge on any atom is 0.0471 e. The van der Waals surface area contributed by atoms with Gasteiger partial charge in [-0.15, -0.1) is 0 Å². The van der Waals surface area contributed by atoms with Crippen LogP contribution in [0.1, 0.15) is 22.7 Å². The van der Waals surface area contributed by atoms with E-state index in [2.05, 4.69) is 65.1 Å². The fourth-order valence-electron chi connectivity index (χ4n) is 2.43. The molecule has 21 heavy (non-hydrogen) atoms. The minimum atomic E-state index is 0.201. The van der Waals surface area contributed by atoms with Gasteiger partial charge in [-0.05, 0) is 48.9 Å². The van der Waals surface area contributed by atoms with Crippen molar-refractivity contribution in [2.24, 2.45) is 5.73 Å². The molecule has 0 bridgehead atoms. The van der Waals surface area contributed by atoms with Gasteiger partial charge in [-0.25, -0.2) is 0 Å². The van der Waals surface area contributed by atoms with Crippen LogP contribution in [0.15, 0.2) is 46.9 Å². The molecule has 0 amide bonds. The summed E-state index contributed by atoms with van der Waals surface area (Å²) >= 11 is 9.47. The Labute approximate surface area is 140 Å². The van der Waals surface area contributed by atoms with Crippen LogP contribution in [-0.4, -0.2) is 18.5 Å². The summed E-state index contributed by atoms with van der Waals surface area (Å²) < 4.78 is 1.13. The van der Waals surface area contributed by atoms with Gasteiger partial charge in [0.25, 0.3) is 0 Å². The lowest BCUT2D eigenvalue weighted by Gasteiger charge is -2.28. The summed E-state index contributed by atoms with van der Waals surface area (Å²) in [7, 11) is 2.10. The third kappa shape index (κ3) is 4.30. The molecular formula is C17H20BrClN2. The zero-order valence-corrected chi connectivity index (χ0v) is 14.7. The van der Waals surface area contributed by atoms with Gasteiger partial charge in [0.1, 0.15) is 0 Å². The van der Waals surface area contributed by atoms with Crippen molar-refractivity contribution in [3.63, 3.8) is 0 Å². The van der Waals surface area contributed by atoms with E-state index >= 15 is 0 Å². The monoisotopic (exact) mass is 366 g/mol. The number of rotatable bonds is 5. The second-order valence-corrected chi connectivity index (χ2v) is 6.59.